The molecule has 1 fully saturated rings. The van der Waals surface area contributed by atoms with Crippen molar-refractivity contribution >= 4 is 11.6 Å². The van der Waals surface area contributed by atoms with Crippen molar-refractivity contribution in [2.75, 3.05) is 31.6 Å². The molecule has 2 rings (SSSR count). The topological polar surface area (TPSA) is 59.6 Å². The van der Waals surface area contributed by atoms with Crippen LogP contribution in [0, 0.1) is 0 Å². The number of anilines is 1. The summed E-state index contributed by atoms with van der Waals surface area (Å²) in [5.41, 5.74) is 0.748. The maximum Gasteiger partial charge on any atom is 0.254 e. The van der Waals surface area contributed by atoms with Gasteiger partial charge >= 0.3 is 0 Å². The van der Waals surface area contributed by atoms with Gasteiger partial charge < -0.3 is 20.1 Å². The predicted octanol–water partition coefficient (Wildman–Crippen LogP) is 1.01. The summed E-state index contributed by atoms with van der Waals surface area (Å²) in [4.78, 5) is 11.9. The molecule has 0 saturated carbocycles. The van der Waals surface area contributed by atoms with Crippen LogP contribution >= 0.6 is 0 Å². The highest BCUT2D eigenvalue weighted by atomic mass is 16.5. The number of carbonyl (C=O) groups is 1. The van der Waals surface area contributed by atoms with E-state index in [0.29, 0.717) is 19.8 Å². The fraction of sp³-hybridized carbons (Fsp3) is 0.462. The molecule has 98 valence electrons. The molecule has 1 aliphatic rings. The Morgan fingerprint density at radius 2 is 2.28 bits per heavy atom. The highest BCUT2D eigenvalue weighted by Crippen LogP contribution is 2.16. The van der Waals surface area contributed by atoms with Gasteiger partial charge in [0, 0.05) is 18.8 Å². The van der Waals surface area contributed by atoms with E-state index < -0.39 is 6.10 Å². The fourth-order valence-electron chi connectivity index (χ4n) is 1.76. The number of ether oxygens (including phenoxy) is 2. The van der Waals surface area contributed by atoms with Crippen LogP contribution < -0.4 is 15.4 Å². The molecule has 1 atom stereocenters. The first-order chi connectivity index (χ1) is 8.79. The Kier molecular flexibility index (Phi) is 4.55. The molecule has 0 aliphatic carbocycles. The van der Waals surface area contributed by atoms with E-state index in [4.69, 9.17) is 9.47 Å². The van der Waals surface area contributed by atoms with E-state index in [1.54, 1.807) is 0 Å². The zero-order chi connectivity index (χ0) is 12.8. The number of nitrogens with one attached hydrogen (secondary N) is 2. The molecular formula is C13H18N2O3. The van der Waals surface area contributed by atoms with Crippen molar-refractivity contribution in [1.29, 1.82) is 0 Å². The van der Waals surface area contributed by atoms with Gasteiger partial charge in [0.1, 0.15) is 11.9 Å². The van der Waals surface area contributed by atoms with E-state index in [2.05, 4.69) is 10.6 Å². The lowest BCUT2D eigenvalue weighted by Gasteiger charge is -2.22. The minimum atomic E-state index is -0.412. The summed E-state index contributed by atoms with van der Waals surface area (Å²) in [6, 6.07) is 7.30. The third-order valence-corrected chi connectivity index (χ3v) is 2.65. The third kappa shape index (κ3) is 3.45. The first kappa shape index (κ1) is 12.9. The summed E-state index contributed by atoms with van der Waals surface area (Å²) in [5, 5.41) is 5.94. The molecule has 1 saturated heterocycles. The van der Waals surface area contributed by atoms with Crippen LogP contribution in [-0.4, -0.2) is 38.3 Å². The van der Waals surface area contributed by atoms with Crippen molar-refractivity contribution in [2.45, 2.75) is 13.0 Å². The van der Waals surface area contributed by atoms with Gasteiger partial charge in [-0.05, 0) is 31.2 Å². The maximum absolute atomic E-state index is 11.9. The quantitative estimate of drug-likeness (QED) is 0.837. The molecule has 1 aliphatic heterocycles. The molecule has 5 nitrogen and oxygen atoms in total. The zero-order valence-electron chi connectivity index (χ0n) is 10.4. The van der Waals surface area contributed by atoms with Gasteiger partial charge in [-0.25, -0.2) is 0 Å². The number of morpholine rings is 1. The number of hydrogen-bond donors (Lipinski definition) is 2. The third-order valence-electron chi connectivity index (χ3n) is 2.65. The minimum Gasteiger partial charge on any atom is -0.494 e. The first-order valence-corrected chi connectivity index (χ1v) is 6.15. The predicted molar refractivity (Wildman–Crippen MR) is 68.9 cm³/mol. The van der Waals surface area contributed by atoms with Crippen LogP contribution in [0.5, 0.6) is 5.75 Å². The van der Waals surface area contributed by atoms with Crippen molar-refractivity contribution in [3.63, 3.8) is 0 Å². The van der Waals surface area contributed by atoms with Gasteiger partial charge in [-0.1, -0.05) is 0 Å². The largest absolute Gasteiger partial charge is 0.494 e. The monoisotopic (exact) mass is 250 g/mol. The first-order valence-electron chi connectivity index (χ1n) is 6.15. The lowest BCUT2D eigenvalue weighted by molar-refractivity contribution is -0.128. The molecule has 1 aromatic rings. The molecule has 0 bridgehead atoms. The molecule has 0 radical (unpaired) electrons. The van der Waals surface area contributed by atoms with Crippen molar-refractivity contribution in [3.8, 4) is 5.75 Å². The van der Waals surface area contributed by atoms with Crippen LogP contribution in [0.2, 0.25) is 0 Å². The van der Waals surface area contributed by atoms with Gasteiger partial charge in [-0.2, -0.15) is 0 Å². The number of benzene rings is 1. The smallest absolute Gasteiger partial charge is 0.254 e. The number of carbonyl (C=O) groups excluding carboxylic acids is 1. The van der Waals surface area contributed by atoms with Crippen molar-refractivity contribution in [1.82, 2.24) is 5.32 Å². The summed E-state index contributed by atoms with van der Waals surface area (Å²) in [5.74, 6) is 0.678. The van der Waals surface area contributed by atoms with Crippen LogP contribution in [0.15, 0.2) is 24.3 Å². The van der Waals surface area contributed by atoms with Crippen LogP contribution in [0.1, 0.15) is 6.92 Å². The summed E-state index contributed by atoms with van der Waals surface area (Å²) in [6.07, 6.45) is -0.412. The van der Waals surface area contributed by atoms with Gasteiger partial charge in [-0.15, -0.1) is 0 Å². The molecule has 5 heteroatoms. The Hall–Kier alpha value is -1.59. The Morgan fingerprint density at radius 3 is 2.89 bits per heavy atom. The molecule has 0 spiro atoms. The molecule has 18 heavy (non-hydrogen) atoms. The van der Waals surface area contributed by atoms with Crippen LogP contribution in [-0.2, 0) is 9.53 Å². The second kappa shape index (κ2) is 6.37. The zero-order valence-corrected chi connectivity index (χ0v) is 10.4. The van der Waals surface area contributed by atoms with Gasteiger partial charge in [0.05, 0.1) is 13.2 Å². The molecular weight excluding hydrogens is 232 g/mol. The highest BCUT2D eigenvalue weighted by molar-refractivity contribution is 5.94. The Bertz CT molecular complexity index is 386. The van der Waals surface area contributed by atoms with Crippen molar-refractivity contribution < 1.29 is 14.3 Å². The molecule has 2 N–H and O–H groups in total. The van der Waals surface area contributed by atoms with E-state index in [0.717, 1.165) is 18.0 Å². The average Bonchev–Trinajstić information content (AvgIpc) is 2.42. The standard InChI is InChI=1S/C13H18N2O3/c1-2-17-11-5-3-10(4-6-11)15-13(16)12-9-14-7-8-18-12/h3-6,12,14H,2,7-9H2,1H3,(H,15,16). The number of hydrogen-bond acceptors (Lipinski definition) is 4. The van der Waals surface area contributed by atoms with Crippen LogP contribution in [0.25, 0.3) is 0 Å². The van der Waals surface area contributed by atoms with Crippen molar-refractivity contribution in [2.24, 2.45) is 0 Å². The molecule has 1 aromatic carbocycles. The van der Waals surface area contributed by atoms with E-state index in [1.165, 1.54) is 0 Å². The lowest BCUT2D eigenvalue weighted by atomic mass is 10.2. The fourth-order valence-corrected chi connectivity index (χ4v) is 1.76. The minimum absolute atomic E-state index is 0.119. The summed E-state index contributed by atoms with van der Waals surface area (Å²) >= 11 is 0. The second-order valence-electron chi connectivity index (χ2n) is 4.01. The molecule has 1 unspecified atom stereocenters. The Labute approximate surface area is 106 Å². The van der Waals surface area contributed by atoms with E-state index in [-0.39, 0.29) is 5.91 Å². The van der Waals surface area contributed by atoms with Gasteiger partial charge in [0.15, 0.2) is 0 Å². The second-order valence-corrected chi connectivity index (χ2v) is 4.01. The molecule has 1 amide bonds. The van der Waals surface area contributed by atoms with E-state index >= 15 is 0 Å². The SMILES string of the molecule is CCOc1ccc(NC(=O)C2CNCCO2)cc1. The van der Waals surface area contributed by atoms with Gasteiger partial charge in [-0.3, -0.25) is 4.79 Å². The Balaban J connectivity index is 1.89. The molecule has 1 heterocycles. The highest BCUT2D eigenvalue weighted by Gasteiger charge is 2.21. The number of amides is 1. The van der Waals surface area contributed by atoms with E-state index in [9.17, 15) is 4.79 Å². The number of rotatable bonds is 4. The maximum atomic E-state index is 11.9. The lowest BCUT2D eigenvalue weighted by Crippen LogP contribution is -2.45. The van der Waals surface area contributed by atoms with Crippen LogP contribution in [0.4, 0.5) is 5.69 Å². The van der Waals surface area contributed by atoms with Crippen molar-refractivity contribution in [3.05, 3.63) is 24.3 Å². The Morgan fingerprint density at radius 1 is 1.50 bits per heavy atom. The van der Waals surface area contributed by atoms with Gasteiger partial charge in [0.2, 0.25) is 0 Å². The normalized spacial score (nSPS) is 19.3. The molecule has 0 aromatic heterocycles. The summed E-state index contributed by atoms with van der Waals surface area (Å²) < 4.78 is 10.7. The summed E-state index contributed by atoms with van der Waals surface area (Å²) in [6.45, 7) is 4.49. The summed E-state index contributed by atoms with van der Waals surface area (Å²) in [7, 11) is 0. The van der Waals surface area contributed by atoms with Gasteiger partial charge in [0.25, 0.3) is 5.91 Å². The van der Waals surface area contributed by atoms with Crippen LogP contribution in [0.3, 0.4) is 0 Å². The van der Waals surface area contributed by atoms with E-state index in [1.807, 2.05) is 31.2 Å². The average molecular weight is 250 g/mol.